The molecule has 5 heteroatoms. The number of ether oxygens (including phenoxy) is 1. The Bertz CT molecular complexity index is 177. The molecule has 0 heterocycles. The van der Waals surface area contributed by atoms with Gasteiger partial charge in [0.25, 0.3) is 5.24 Å². The van der Waals surface area contributed by atoms with Gasteiger partial charge in [-0.25, -0.2) is 0 Å². The van der Waals surface area contributed by atoms with E-state index in [1.54, 1.807) is 0 Å². The van der Waals surface area contributed by atoms with Gasteiger partial charge in [0.2, 0.25) is 0 Å². The third-order valence-corrected chi connectivity index (χ3v) is 1.12. The Kier molecular flexibility index (Phi) is 4.45. The van der Waals surface area contributed by atoms with E-state index in [2.05, 4.69) is 4.74 Å². The molecule has 0 aliphatic carbocycles. The minimum Gasteiger partial charge on any atom is -0.453 e. The molecule has 0 aromatic rings. The first-order valence-electron chi connectivity index (χ1n) is 2.88. The third kappa shape index (κ3) is 4.50. The lowest BCUT2D eigenvalue weighted by atomic mass is 10.3. The van der Waals surface area contributed by atoms with Gasteiger partial charge in [0, 0.05) is 13.3 Å². The van der Waals surface area contributed by atoms with Gasteiger partial charge in [0.15, 0.2) is 6.10 Å². The normalized spacial score (nSPS) is 11.8. The monoisotopic (exact) mass is 178 g/mol. The number of carbonyl (C=O) groups is 3. The van der Waals surface area contributed by atoms with Crippen molar-refractivity contribution in [3.63, 3.8) is 0 Å². The van der Waals surface area contributed by atoms with Crippen LogP contribution in [-0.4, -0.2) is 23.6 Å². The van der Waals surface area contributed by atoms with E-state index in [1.807, 2.05) is 0 Å². The summed E-state index contributed by atoms with van der Waals surface area (Å²) in [5.41, 5.74) is 0. The van der Waals surface area contributed by atoms with E-state index >= 15 is 0 Å². The van der Waals surface area contributed by atoms with Crippen LogP contribution in [0.2, 0.25) is 0 Å². The molecular weight excluding hydrogens is 172 g/mol. The second-order valence-corrected chi connectivity index (χ2v) is 2.18. The largest absolute Gasteiger partial charge is 0.453 e. The number of hydrogen-bond acceptors (Lipinski definition) is 4. The van der Waals surface area contributed by atoms with Crippen molar-refractivity contribution in [3.05, 3.63) is 0 Å². The van der Waals surface area contributed by atoms with Crippen molar-refractivity contribution >= 4 is 29.1 Å². The van der Waals surface area contributed by atoms with Crippen molar-refractivity contribution in [2.24, 2.45) is 0 Å². The highest BCUT2D eigenvalue weighted by Gasteiger charge is 2.18. The standard InChI is InChI=1S/C6H7ClO4/c1-4(9)11-5(2-3-8)6(7)10/h3,5H,2H2,1H3/t5-/m1/s1. The van der Waals surface area contributed by atoms with Gasteiger partial charge < -0.3 is 9.53 Å². The average Bonchev–Trinajstić information content (AvgIpc) is 1.86. The van der Waals surface area contributed by atoms with Crippen molar-refractivity contribution < 1.29 is 19.1 Å². The van der Waals surface area contributed by atoms with E-state index in [-0.39, 0.29) is 6.42 Å². The molecule has 0 fully saturated rings. The van der Waals surface area contributed by atoms with Crippen LogP contribution in [0.25, 0.3) is 0 Å². The topological polar surface area (TPSA) is 60.4 Å². The van der Waals surface area contributed by atoms with Crippen LogP contribution in [0, 0.1) is 0 Å². The molecule has 0 rings (SSSR count). The summed E-state index contributed by atoms with van der Waals surface area (Å²) < 4.78 is 4.40. The predicted molar refractivity (Wildman–Crippen MR) is 37.1 cm³/mol. The van der Waals surface area contributed by atoms with Crippen LogP contribution in [-0.2, 0) is 19.1 Å². The highest BCUT2D eigenvalue weighted by Crippen LogP contribution is 2.01. The third-order valence-electron chi connectivity index (χ3n) is 0.872. The molecule has 11 heavy (non-hydrogen) atoms. The zero-order chi connectivity index (χ0) is 8.85. The maximum atomic E-state index is 10.4. The van der Waals surface area contributed by atoms with Gasteiger partial charge in [0.05, 0.1) is 0 Å². The summed E-state index contributed by atoms with van der Waals surface area (Å²) in [7, 11) is 0. The van der Waals surface area contributed by atoms with Gasteiger partial charge in [-0.3, -0.25) is 9.59 Å². The summed E-state index contributed by atoms with van der Waals surface area (Å²) in [6, 6.07) is 0. The number of aldehydes is 1. The summed E-state index contributed by atoms with van der Waals surface area (Å²) in [6.07, 6.45) is -0.859. The fraction of sp³-hybridized carbons (Fsp3) is 0.500. The van der Waals surface area contributed by atoms with E-state index in [4.69, 9.17) is 11.6 Å². The Hall–Kier alpha value is -0.900. The molecule has 1 atom stereocenters. The molecule has 0 amide bonds. The Labute approximate surface area is 68.5 Å². The summed E-state index contributed by atoms with van der Waals surface area (Å²) in [6.45, 7) is 1.14. The maximum absolute atomic E-state index is 10.4. The highest BCUT2D eigenvalue weighted by atomic mass is 35.5. The molecule has 0 saturated heterocycles. The number of hydrogen-bond donors (Lipinski definition) is 0. The van der Waals surface area contributed by atoms with E-state index < -0.39 is 17.3 Å². The molecule has 0 radical (unpaired) electrons. The maximum Gasteiger partial charge on any atom is 0.303 e. The van der Waals surface area contributed by atoms with Crippen LogP contribution in [0.1, 0.15) is 13.3 Å². The minimum absolute atomic E-state index is 0.193. The smallest absolute Gasteiger partial charge is 0.303 e. The van der Waals surface area contributed by atoms with Crippen LogP contribution in [0.15, 0.2) is 0 Å². The summed E-state index contributed by atoms with van der Waals surface area (Å²) in [4.78, 5) is 30.6. The molecule has 0 aliphatic rings. The molecule has 62 valence electrons. The van der Waals surface area contributed by atoms with Crippen LogP contribution < -0.4 is 0 Å². The summed E-state index contributed by atoms with van der Waals surface area (Å²) >= 11 is 4.99. The first-order chi connectivity index (χ1) is 5.07. The SMILES string of the molecule is CC(=O)O[C@H](CC=O)C(=O)Cl. The molecular formula is C6H7ClO4. The zero-order valence-electron chi connectivity index (χ0n) is 5.87. The molecule has 0 N–H and O–H groups in total. The van der Waals surface area contributed by atoms with E-state index in [1.165, 1.54) is 0 Å². The fourth-order valence-electron chi connectivity index (χ4n) is 0.475. The van der Waals surface area contributed by atoms with Crippen molar-refractivity contribution in [2.75, 3.05) is 0 Å². The molecule has 0 unspecified atom stereocenters. The number of carbonyl (C=O) groups excluding carboxylic acids is 3. The zero-order valence-corrected chi connectivity index (χ0v) is 6.63. The molecule has 0 aromatic heterocycles. The minimum atomic E-state index is -1.13. The van der Waals surface area contributed by atoms with Crippen molar-refractivity contribution in [1.29, 1.82) is 0 Å². The van der Waals surface area contributed by atoms with Crippen LogP contribution in [0.4, 0.5) is 0 Å². The molecule has 0 aliphatic heterocycles. The van der Waals surface area contributed by atoms with Gasteiger partial charge in [-0.2, -0.15) is 0 Å². The molecule has 4 nitrogen and oxygen atoms in total. The summed E-state index contributed by atoms with van der Waals surface area (Å²) in [5, 5.41) is -0.840. The van der Waals surface area contributed by atoms with E-state index in [0.29, 0.717) is 6.29 Å². The van der Waals surface area contributed by atoms with Crippen molar-refractivity contribution in [3.8, 4) is 0 Å². The second kappa shape index (κ2) is 4.85. The van der Waals surface area contributed by atoms with Gasteiger partial charge in [-0.1, -0.05) is 0 Å². The fourth-order valence-corrected chi connectivity index (χ4v) is 0.608. The lowest BCUT2D eigenvalue weighted by Crippen LogP contribution is -2.22. The van der Waals surface area contributed by atoms with E-state index in [9.17, 15) is 14.4 Å². The van der Waals surface area contributed by atoms with Crippen LogP contribution in [0.5, 0.6) is 0 Å². The van der Waals surface area contributed by atoms with Crippen LogP contribution in [0.3, 0.4) is 0 Å². The Morgan fingerprint density at radius 3 is 2.45 bits per heavy atom. The lowest BCUT2D eigenvalue weighted by Gasteiger charge is -2.07. The molecule has 0 bridgehead atoms. The van der Waals surface area contributed by atoms with E-state index in [0.717, 1.165) is 6.92 Å². The van der Waals surface area contributed by atoms with Crippen molar-refractivity contribution in [2.45, 2.75) is 19.4 Å². The van der Waals surface area contributed by atoms with Gasteiger partial charge in [0.1, 0.15) is 6.29 Å². The second-order valence-electron chi connectivity index (χ2n) is 1.80. The Balaban J connectivity index is 3.99. The number of esters is 1. The average molecular weight is 179 g/mol. The number of halogens is 1. The molecule has 0 saturated carbocycles. The highest BCUT2D eigenvalue weighted by molar-refractivity contribution is 6.64. The Morgan fingerprint density at radius 1 is 1.64 bits per heavy atom. The van der Waals surface area contributed by atoms with Gasteiger partial charge in [-0.05, 0) is 11.6 Å². The van der Waals surface area contributed by atoms with Gasteiger partial charge >= 0.3 is 5.97 Å². The lowest BCUT2D eigenvalue weighted by molar-refractivity contribution is -0.151. The van der Waals surface area contributed by atoms with Crippen LogP contribution >= 0.6 is 11.6 Å². The summed E-state index contributed by atoms with van der Waals surface area (Å²) in [5.74, 6) is -0.633. The van der Waals surface area contributed by atoms with Gasteiger partial charge in [-0.15, -0.1) is 0 Å². The number of rotatable bonds is 4. The van der Waals surface area contributed by atoms with Crippen molar-refractivity contribution in [1.82, 2.24) is 0 Å². The predicted octanol–water partition coefficient (Wildman–Crippen LogP) is 0.272. The first-order valence-corrected chi connectivity index (χ1v) is 3.26. The quantitative estimate of drug-likeness (QED) is 0.352. The molecule has 0 spiro atoms. The molecule has 0 aromatic carbocycles. The Morgan fingerprint density at radius 2 is 2.18 bits per heavy atom. The first kappa shape index (κ1) is 10.1.